The summed E-state index contributed by atoms with van der Waals surface area (Å²) in [6.45, 7) is 0. The molecular weight excluding hydrogens is 346 g/mol. The Bertz CT molecular complexity index is 794. The average Bonchev–Trinajstić information content (AvgIpc) is 2.98. The molecule has 0 spiro atoms. The highest BCUT2D eigenvalue weighted by atomic mass is 35.5. The maximum atomic E-state index is 12.5. The fourth-order valence-corrected chi connectivity index (χ4v) is 4.39. The van der Waals surface area contributed by atoms with Crippen LogP contribution in [0.5, 0.6) is 0 Å². The van der Waals surface area contributed by atoms with Gasteiger partial charge in [0, 0.05) is 11.1 Å². The molecule has 2 atom stereocenters. The first-order chi connectivity index (χ1) is 11.6. The number of nitrogens with one attached hydrogen (secondary N) is 1. The van der Waals surface area contributed by atoms with Gasteiger partial charge in [0.25, 0.3) is 0 Å². The Morgan fingerprint density at radius 3 is 2.88 bits per heavy atom. The van der Waals surface area contributed by atoms with Gasteiger partial charge in [-0.2, -0.15) is 0 Å². The molecule has 2 unspecified atom stereocenters. The maximum absolute atomic E-state index is 12.5. The van der Waals surface area contributed by atoms with Gasteiger partial charge in [0.2, 0.25) is 0 Å². The number of carbonyl (C=O) groups excluding carboxylic acids is 1. The molecule has 3 rings (SSSR count). The molecule has 0 aromatic heterocycles. The van der Waals surface area contributed by atoms with Gasteiger partial charge in [-0.3, -0.25) is 0 Å². The SMILES string of the molecule is COC(=O)c1ccc2c(c1)C(NS(=O)Cc1ccccc1Cl)CC2. The van der Waals surface area contributed by atoms with E-state index in [1.165, 1.54) is 12.7 Å². The smallest absolute Gasteiger partial charge is 0.337 e. The van der Waals surface area contributed by atoms with Gasteiger partial charge in [0.1, 0.15) is 0 Å². The van der Waals surface area contributed by atoms with Crippen LogP contribution in [-0.2, 0) is 27.9 Å². The maximum Gasteiger partial charge on any atom is 0.337 e. The first-order valence-electron chi connectivity index (χ1n) is 7.67. The third-order valence-electron chi connectivity index (χ3n) is 4.16. The van der Waals surface area contributed by atoms with E-state index in [0.29, 0.717) is 16.3 Å². The van der Waals surface area contributed by atoms with Gasteiger partial charge in [-0.05, 0) is 47.7 Å². The lowest BCUT2D eigenvalue weighted by Crippen LogP contribution is -2.23. The minimum absolute atomic E-state index is 0.0343. The molecule has 2 aromatic carbocycles. The van der Waals surface area contributed by atoms with E-state index in [1.54, 1.807) is 12.1 Å². The highest BCUT2D eigenvalue weighted by Crippen LogP contribution is 2.32. The highest BCUT2D eigenvalue weighted by Gasteiger charge is 2.25. The van der Waals surface area contributed by atoms with E-state index in [4.69, 9.17) is 16.3 Å². The molecule has 24 heavy (non-hydrogen) atoms. The minimum Gasteiger partial charge on any atom is -0.465 e. The summed E-state index contributed by atoms with van der Waals surface area (Å²) in [4.78, 5) is 11.7. The number of aryl methyl sites for hydroxylation is 1. The Morgan fingerprint density at radius 1 is 1.33 bits per heavy atom. The lowest BCUT2D eigenvalue weighted by Gasteiger charge is -2.14. The Morgan fingerprint density at radius 2 is 2.12 bits per heavy atom. The van der Waals surface area contributed by atoms with Crippen molar-refractivity contribution in [2.45, 2.75) is 24.6 Å². The first-order valence-corrected chi connectivity index (χ1v) is 9.37. The van der Waals surface area contributed by atoms with E-state index in [9.17, 15) is 9.00 Å². The predicted molar refractivity (Wildman–Crippen MR) is 95.3 cm³/mol. The quantitative estimate of drug-likeness (QED) is 0.826. The molecule has 1 aliphatic rings. The summed E-state index contributed by atoms with van der Waals surface area (Å²) in [5, 5.41) is 0.618. The van der Waals surface area contributed by atoms with Crippen molar-refractivity contribution in [1.82, 2.24) is 4.72 Å². The largest absolute Gasteiger partial charge is 0.465 e. The monoisotopic (exact) mass is 363 g/mol. The Hall–Kier alpha value is -1.69. The molecule has 1 N–H and O–H groups in total. The van der Waals surface area contributed by atoms with Crippen molar-refractivity contribution in [3.05, 3.63) is 69.7 Å². The van der Waals surface area contributed by atoms with E-state index < -0.39 is 11.0 Å². The normalized spacial score (nSPS) is 17.3. The van der Waals surface area contributed by atoms with E-state index >= 15 is 0 Å². The Kier molecular flexibility index (Phi) is 5.33. The number of rotatable bonds is 5. The third kappa shape index (κ3) is 3.69. The number of fused-ring (bicyclic) bond motifs is 1. The zero-order chi connectivity index (χ0) is 17.1. The van der Waals surface area contributed by atoms with E-state index in [-0.39, 0.29) is 12.0 Å². The van der Waals surface area contributed by atoms with E-state index in [0.717, 1.165) is 24.0 Å². The van der Waals surface area contributed by atoms with Crippen LogP contribution in [-0.4, -0.2) is 17.3 Å². The van der Waals surface area contributed by atoms with Crippen LogP contribution >= 0.6 is 11.6 Å². The number of ether oxygens (including phenoxy) is 1. The molecule has 2 aromatic rings. The number of hydrogen-bond acceptors (Lipinski definition) is 3. The van der Waals surface area contributed by atoms with E-state index in [1.807, 2.05) is 30.3 Å². The van der Waals surface area contributed by atoms with Crippen molar-refractivity contribution < 1.29 is 13.7 Å². The van der Waals surface area contributed by atoms with Crippen molar-refractivity contribution in [1.29, 1.82) is 0 Å². The molecule has 0 radical (unpaired) electrons. The van der Waals surface area contributed by atoms with Gasteiger partial charge in [-0.25, -0.2) is 13.7 Å². The summed E-state index contributed by atoms with van der Waals surface area (Å²) < 4.78 is 20.4. The van der Waals surface area contributed by atoms with Gasteiger partial charge in [-0.15, -0.1) is 0 Å². The number of hydrogen-bond donors (Lipinski definition) is 1. The van der Waals surface area contributed by atoms with Crippen molar-refractivity contribution in [3.63, 3.8) is 0 Å². The topological polar surface area (TPSA) is 55.4 Å². The van der Waals surface area contributed by atoms with Crippen molar-refractivity contribution in [2.75, 3.05) is 7.11 Å². The summed E-state index contributed by atoms with van der Waals surface area (Å²) in [7, 11) is 0.117. The van der Waals surface area contributed by atoms with Crippen molar-refractivity contribution in [2.24, 2.45) is 0 Å². The van der Waals surface area contributed by atoms with Crippen LogP contribution in [0.25, 0.3) is 0 Å². The first kappa shape index (κ1) is 17.1. The molecular formula is C18H18ClNO3S. The molecule has 0 saturated heterocycles. The van der Waals surface area contributed by atoms with Crippen LogP contribution in [0.4, 0.5) is 0 Å². The van der Waals surface area contributed by atoms with Crippen LogP contribution in [0, 0.1) is 0 Å². The van der Waals surface area contributed by atoms with Gasteiger partial charge in [-0.1, -0.05) is 35.9 Å². The third-order valence-corrected chi connectivity index (χ3v) is 5.65. The Labute approximate surface area is 148 Å². The standard InChI is InChI=1S/C18H18ClNO3S/c1-23-18(21)13-7-6-12-8-9-17(15(12)10-13)20-24(22)11-14-4-2-3-5-16(14)19/h2-7,10,17,20H,8-9,11H2,1H3. The van der Waals surface area contributed by atoms with Gasteiger partial charge in [0.15, 0.2) is 0 Å². The van der Waals surface area contributed by atoms with Crippen LogP contribution in [0.15, 0.2) is 42.5 Å². The lowest BCUT2D eigenvalue weighted by molar-refractivity contribution is 0.0600. The zero-order valence-corrected chi connectivity index (χ0v) is 14.8. The summed E-state index contributed by atoms with van der Waals surface area (Å²) >= 11 is 6.12. The highest BCUT2D eigenvalue weighted by molar-refractivity contribution is 7.82. The zero-order valence-electron chi connectivity index (χ0n) is 13.3. The molecule has 1 aliphatic carbocycles. The molecule has 0 bridgehead atoms. The summed E-state index contributed by atoms with van der Waals surface area (Å²) in [6, 6.07) is 12.9. The molecule has 126 valence electrons. The average molecular weight is 364 g/mol. The summed E-state index contributed by atoms with van der Waals surface area (Å²) in [6.07, 6.45) is 1.76. The summed E-state index contributed by atoms with van der Waals surface area (Å²) in [5.74, 6) is -0.0111. The van der Waals surface area contributed by atoms with Crippen LogP contribution in [0.1, 0.15) is 39.5 Å². The molecule has 0 amide bonds. The van der Waals surface area contributed by atoms with Crippen molar-refractivity contribution in [3.8, 4) is 0 Å². The number of benzene rings is 2. The lowest BCUT2D eigenvalue weighted by atomic mass is 10.0. The van der Waals surface area contributed by atoms with E-state index in [2.05, 4.69) is 4.72 Å². The molecule has 6 heteroatoms. The van der Waals surface area contributed by atoms with Crippen molar-refractivity contribution >= 4 is 28.6 Å². The molecule has 0 heterocycles. The van der Waals surface area contributed by atoms with Gasteiger partial charge < -0.3 is 4.74 Å². The minimum atomic E-state index is -1.25. The van der Waals surface area contributed by atoms with Crippen LogP contribution in [0.2, 0.25) is 5.02 Å². The van der Waals surface area contributed by atoms with Gasteiger partial charge >= 0.3 is 5.97 Å². The second kappa shape index (κ2) is 7.47. The fraction of sp³-hybridized carbons (Fsp3) is 0.278. The predicted octanol–water partition coefficient (Wildman–Crippen LogP) is 3.57. The van der Waals surface area contributed by atoms with Gasteiger partial charge in [0.05, 0.1) is 29.4 Å². The molecule has 4 nitrogen and oxygen atoms in total. The number of carbonyl (C=O) groups is 1. The number of methoxy groups -OCH3 is 1. The summed E-state index contributed by atoms with van der Waals surface area (Å²) in [5.41, 5.74) is 3.56. The second-order valence-electron chi connectivity index (χ2n) is 5.70. The number of halogens is 1. The van der Waals surface area contributed by atoms with Crippen LogP contribution < -0.4 is 4.72 Å². The molecule has 0 fully saturated rings. The molecule has 0 saturated carbocycles. The Balaban J connectivity index is 1.73. The fourth-order valence-electron chi connectivity index (χ4n) is 2.93. The van der Waals surface area contributed by atoms with Crippen LogP contribution in [0.3, 0.4) is 0 Å². The second-order valence-corrected chi connectivity index (χ2v) is 7.32. The number of esters is 1. The molecule has 0 aliphatic heterocycles.